The van der Waals surface area contributed by atoms with Gasteiger partial charge in [-0.25, -0.2) is 0 Å². The van der Waals surface area contributed by atoms with Crippen LogP contribution in [0.4, 0.5) is 0 Å². The van der Waals surface area contributed by atoms with Gasteiger partial charge in [0.25, 0.3) is 0 Å². The maximum Gasteiger partial charge on any atom is 0.0564 e. The fraction of sp³-hybridized carbons (Fsp3) is 1.00. The van der Waals surface area contributed by atoms with Gasteiger partial charge in [0, 0.05) is 19.6 Å². The van der Waals surface area contributed by atoms with E-state index in [1.807, 2.05) is 0 Å². The maximum absolute atomic E-state index is 9.42. The summed E-state index contributed by atoms with van der Waals surface area (Å²) in [6.07, 6.45) is 4.83. The second kappa shape index (κ2) is 4.84. The first-order valence-electron chi connectivity index (χ1n) is 6.55. The molecule has 2 fully saturated rings. The van der Waals surface area contributed by atoms with Crippen molar-refractivity contribution in [3.05, 3.63) is 0 Å². The van der Waals surface area contributed by atoms with Crippen molar-refractivity contribution in [2.75, 3.05) is 19.6 Å². The van der Waals surface area contributed by atoms with Crippen molar-refractivity contribution in [3.63, 3.8) is 0 Å². The molecule has 1 heterocycles. The summed E-state index contributed by atoms with van der Waals surface area (Å²) in [5, 5.41) is 9.42. The third-order valence-electron chi connectivity index (χ3n) is 4.29. The summed E-state index contributed by atoms with van der Waals surface area (Å²) < 4.78 is 0. The first kappa shape index (κ1) is 11.4. The molecule has 1 saturated carbocycles. The Bertz CT molecular complexity index is 191. The van der Waals surface area contributed by atoms with Crippen LogP contribution in [0.5, 0.6) is 0 Å². The lowest BCUT2D eigenvalue weighted by atomic mass is 9.69. The summed E-state index contributed by atoms with van der Waals surface area (Å²) in [5.74, 6) is 2.82. The van der Waals surface area contributed by atoms with Gasteiger partial charge in [-0.1, -0.05) is 13.8 Å². The summed E-state index contributed by atoms with van der Waals surface area (Å²) in [6, 6.07) is 0. The molecule has 0 radical (unpaired) electrons. The van der Waals surface area contributed by atoms with Crippen LogP contribution >= 0.6 is 0 Å². The predicted molar refractivity (Wildman–Crippen MR) is 62.7 cm³/mol. The van der Waals surface area contributed by atoms with Crippen LogP contribution in [0, 0.1) is 17.8 Å². The minimum absolute atomic E-state index is 0.0222. The molecule has 0 aromatic heterocycles. The van der Waals surface area contributed by atoms with Gasteiger partial charge in [0.15, 0.2) is 0 Å². The van der Waals surface area contributed by atoms with Crippen LogP contribution in [0.1, 0.15) is 39.5 Å². The first-order valence-corrected chi connectivity index (χ1v) is 6.55. The smallest absolute Gasteiger partial charge is 0.0564 e. The number of rotatable bonds is 3. The molecule has 1 aliphatic carbocycles. The van der Waals surface area contributed by atoms with E-state index in [9.17, 15) is 5.11 Å². The Morgan fingerprint density at radius 3 is 2.33 bits per heavy atom. The van der Waals surface area contributed by atoms with E-state index in [2.05, 4.69) is 18.7 Å². The number of nitrogens with zero attached hydrogens (tertiary/aromatic N) is 1. The molecule has 2 heteroatoms. The number of piperidine rings is 1. The highest BCUT2D eigenvalue weighted by atomic mass is 16.3. The van der Waals surface area contributed by atoms with Gasteiger partial charge < -0.3 is 10.0 Å². The fourth-order valence-electron chi connectivity index (χ4n) is 2.95. The third-order valence-corrected chi connectivity index (χ3v) is 4.29. The molecule has 88 valence electrons. The normalized spacial score (nSPS) is 34.4. The average Bonchev–Trinajstić information content (AvgIpc) is 2.13. The molecule has 0 unspecified atom stereocenters. The number of aliphatic hydroxyl groups is 1. The van der Waals surface area contributed by atoms with E-state index in [4.69, 9.17) is 0 Å². The molecule has 2 nitrogen and oxygen atoms in total. The summed E-state index contributed by atoms with van der Waals surface area (Å²) in [4.78, 5) is 2.55. The lowest BCUT2D eigenvalue weighted by molar-refractivity contribution is 0.0465. The van der Waals surface area contributed by atoms with Gasteiger partial charge in [0.1, 0.15) is 0 Å². The molecule has 1 aliphatic heterocycles. The number of likely N-dealkylation sites (tertiary alicyclic amines) is 1. The summed E-state index contributed by atoms with van der Waals surface area (Å²) in [7, 11) is 0. The van der Waals surface area contributed by atoms with Crippen molar-refractivity contribution in [2.45, 2.75) is 45.6 Å². The SMILES string of the molecule is CC(C)[C@H]1C[C@@H](CN2CCC(O)CC2)C1. The summed E-state index contributed by atoms with van der Waals surface area (Å²) >= 11 is 0. The van der Waals surface area contributed by atoms with Crippen LogP contribution in [-0.2, 0) is 0 Å². The number of hydrogen-bond acceptors (Lipinski definition) is 2. The maximum atomic E-state index is 9.42. The van der Waals surface area contributed by atoms with E-state index in [0.717, 1.165) is 43.7 Å². The van der Waals surface area contributed by atoms with E-state index < -0.39 is 0 Å². The minimum Gasteiger partial charge on any atom is -0.393 e. The van der Waals surface area contributed by atoms with Crippen LogP contribution in [0.3, 0.4) is 0 Å². The molecule has 0 spiro atoms. The van der Waals surface area contributed by atoms with E-state index in [1.54, 1.807) is 0 Å². The van der Waals surface area contributed by atoms with Crippen LogP contribution in [-0.4, -0.2) is 35.7 Å². The van der Waals surface area contributed by atoms with E-state index in [0.29, 0.717) is 0 Å². The minimum atomic E-state index is -0.0222. The molecule has 15 heavy (non-hydrogen) atoms. The molecule has 0 amide bonds. The van der Waals surface area contributed by atoms with E-state index in [1.165, 1.54) is 19.4 Å². The zero-order valence-electron chi connectivity index (χ0n) is 10.2. The van der Waals surface area contributed by atoms with Gasteiger partial charge in [-0.3, -0.25) is 0 Å². The molecule has 0 atom stereocenters. The van der Waals surface area contributed by atoms with Crippen molar-refractivity contribution in [1.82, 2.24) is 4.90 Å². The molecule has 0 aromatic rings. The number of hydrogen-bond donors (Lipinski definition) is 1. The zero-order chi connectivity index (χ0) is 10.8. The Morgan fingerprint density at radius 1 is 1.20 bits per heavy atom. The predicted octanol–water partition coefficient (Wildman–Crippen LogP) is 2.13. The monoisotopic (exact) mass is 211 g/mol. The zero-order valence-corrected chi connectivity index (χ0v) is 10.2. The van der Waals surface area contributed by atoms with Gasteiger partial charge in [-0.2, -0.15) is 0 Å². The number of aliphatic hydroxyl groups excluding tert-OH is 1. The highest BCUT2D eigenvalue weighted by Gasteiger charge is 2.32. The molecule has 2 aliphatic rings. The van der Waals surface area contributed by atoms with Crippen LogP contribution in [0.15, 0.2) is 0 Å². The molecule has 2 rings (SSSR count). The highest BCUT2D eigenvalue weighted by Crippen LogP contribution is 2.39. The van der Waals surface area contributed by atoms with Crippen LogP contribution in [0.25, 0.3) is 0 Å². The lowest BCUT2D eigenvalue weighted by Gasteiger charge is -2.42. The van der Waals surface area contributed by atoms with Crippen molar-refractivity contribution >= 4 is 0 Å². The van der Waals surface area contributed by atoms with Crippen molar-refractivity contribution in [2.24, 2.45) is 17.8 Å². The molecule has 1 N–H and O–H groups in total. The summed E-state index contributed by atoms with van der Waals surface area (Å²) in [5.41, 5.74) is 0. The lowest BCUT2D eigenvalue weighted by Crippen LogP contribution is -2.42. The molecular formula is C13H25NO. The second-order valence-electron chi connectivity index (χ2n) is 5.87. The van der Waals surface area contributed by atoms with Gasteiger partial charge in [0.05, 0.1) is 6.10 Å². The Labute approximate surface area is 93.7 Å². The third kappa shape index (κ3) is 2.94. The standard InChI is InChI=1S/C13H25NO/c1-10(2)12-7-11(8-12)9-14-5-3-13(15)4-6-14/h10-13,15H,3-9H2,1-2H3/t11-,12+. The van der Waals surface area contributed by atoms with Gasteiger partial charge in [-0.15, -0.1) is 0 Å². The Balaban J connectivity index is 1.63. The largest absolute Gasteiger partial charge is 0.393 e. The van der Waals surface area contributed by atoms with E-state index >= 15 is 0 Å². The molecule has 0 bridgehead atoms. The summed E-state index contributed by atoms with van der Waals surface area (Å²) in [6.45, 7) is 8.21. The Hall–Kier alpha value is -0.0800. The molecular weight excluding hydrogens is 186 g/mol. The quantitative estimate of drug-likeness (QED) is 0.773. The molecule has 0 aromatic carbocycles. The Kier molecular flexibility index (Phi) is 3.68. The second-order valence-corrected chi connectivity index (χ2v) is 5.87. The van der Waals surface area contributed by atoms with Crippen molar-refractivity contribution in [1.29, 1.82) is 0 Å². The van der Waals surface area contributed by atoms with E-state index in [-0.39, 0.29) is 6.10 Å². The molecule has 1 saturated heterocycles. The Morgan fingerprint density at radius 2 is 1.80 bits per heavy atom. The first-order chi connectivity index (χ1) is 7.15. The van der Waals surface area contributed by atoms with Gasteiger partial charge >= 0.3 is 0 Å². The van der Waals surface area contributed by atoms with Gasteiger partial charge in [-0.05, 0) is 43.4 Å². The average molecular weight is 211 g/mol. The highest BCUT2D eigenvalue weighted by molar-refractivity contribution is 4.84. The van der Waals surface area contributed by atoms with Crippen molar-refractivity contribution < 1.29 is 5.11 Å². The van der Waals surface area contributed by atoms with Crippen LogP contribution < -0.4 is 0 Å². The van der Waals surface area contributed by atoms with Crippen LogP contribution in [0.2, 0.25) is 0 Å². The van der Waals surface area contributed by atoms with Crippen molar-refractivity contribution in [3.8, 4) is 0 Å². The topological polar surface area (TPSA) is 23.5 Å². The fourth-order valence-corrected chi connectivity index (χ4v) is 2.95. The van der Waals surface area contributed by atoms with Gasteiger partial charge in [0.2, 0.25) is 0 Å².